The van der Waals surface area contributed by atoms with Gasteiger partial charge in [-0.05, 0) is 73.9 Å². The van der Waals surface area contributed by atoms with E-state index < -0.39 is 28.5 Å². The van der Waals surface area contributed by atoms with E-state index in [1.165, 1.54) is 29.2 Å². The van der Waals surface area contributed by atoms with Crippen LogP contribution >= 0.6 is 39.1 Å². The van der Waals surface area contributed by atoms with Gasteiger partial charge in [-0.1, -0.05) is 106 Å². The third kappa shape index (κ3) is 9.12. The fourth-order valence-corrected chi connectivity index (χ4v) is 6.93. The van der Waals surface area contributed by atoms with Gasteiger partial charge in [-0.25, -0.2) is 8.42 Å². The van der Waals surface area contributed by atoms with Crippen molar-refractivity contribution in [1.82, 2.24) is 10.2 Å². The van der Waals surface area contributed by atoms with E-state index in [2.05, 4.69) is 21.2 Å². The lowest BCUT2D eigenvalue weighted by Crippen LogP contribution is -2.54. The number of amides is 2. The van der Waals surface area contributed by atoms with Crippen LogP contribution in [0.2, 0.25) is 10.0 Å². The van der Waals surface area contributed by atoms with E-state index in [0.717, 1.165) is 25.5 Å². The SMILES string of the molecule is CC[C@@H](C)NC(=O)[C@@H](Cc1ccccc1)N(Cc1ccc(Br)cc1)C(=O)CN(c1cc(Cl)ccc1Cl)S(=O)(=O)c1ccc(C)cc1. The van der Waals surface area contributed by atoms with Gasteiger partial charge in [-0.15, -0.1) is 0 Å². The normalized spacial score (nSPS) is 12.7. The van der Waals surface area contributed by atoms with Gasteiger partial charge in [0.25, 0.3) is 10.0 Å². The Hall–Kier alpha value is -3.37. The highest BCUT2D eigenvalue weighted by molar-refractivity contribution is 9.10. The van der Waals surface area contributed by atoms with Crippen LogP contribution in [0.1, 0.15) is 37.0 Å². The first kappa shape index (κ1) is 35.5. The molecule has 0 bridgehead atoms. The molecular weight excluding hydrogens is 709 g/mol. The summed E-state index contributed by atoms with van der Waals surface area (Å²) in [4.78, 5) is 29.9. The van der Waals surface area contributed by atoms with Crippen molar-refractivity contribution in [3.63, 3.8) is 0 Å². The number of halogens is 3. The molecule has 0 saturated carbocycles. The second-order valence-electron chi connectivity index (χ2n) is 11.1. The van der Waals surface area contributed by atoms with Crippen LogP contribution in [-0.2, 0) is 32.6 Å². The van der Waals surface area contributed by atoms with E-state index in [1.54, 1.807) is 18.2 Å². The van der Waals surface area contributed by atoms with Gasteiger partial charge in [-0.3, -0.25) is 13.9 Å². The van der Waals surface area contributed by atoms with Crippen molar-refractivity contribution in [3.05, 3.63) is 128 Å². The zero-order valence-corrected chi connectivity index (χ0v) is 29.7. The summed E-state index contributed by atoms with van der Waals surface area (Å²) in [6, 6.07) is 26.5. The molecule has 0 unspecified atom stereocenters. The van der Waals surface area contributed by atoms with Gasteiger partial charge in [0.15, 0.2) is 0 Å². The van der Waals surface area contributed by atoms with Crippen LogP contribution in [0.15, 0.2) is 106 Å². The van der Waals surface area contributed by atoms with E-state index in [-0.39, 0.29) is 45.5 Å². The minimum absolute atomic E-state index is 0.0169. The average molecular weight is 746 g/mol. The van der Waals surface area contributed by atoms with Crippen LogP contribution in [0.4, 0.5) is 5.69 Å². The van der Waals surface area contributed by atoms with Crippen LogP contribution in [0.5, 0.6) is 0 Å². The summed E-state index contributed by atoms with van der Waals surface area (Å²) in [7, 11) is -4.31. The molecule has 4 rings (SSSR count). The van der Waals surface area contributed by atoms with Gasteiger partial charge in [-0.2, -0.15) is 0 Å². The predicted molar refractivity (Wildman–Crippen MR) is 189 cm³/mol. The van der Waals surface area contributed by atoms with Crippen LogP contribution in [0.25, 0.3) is 0 Å². The summed E-state index contributed by atoms with van der Waals surface area (Å²) >= 11 is 16.3. The Kier molecular flexibility index (Phi) is 12.3. The number of aryl methyl sites for hydroxylation is 1. The number of hydrogen-bond acceptors (Lipinski definition) is 4. The van der Waals surface area contributed by atoms with Crippen molar-refractivity contribution in [2.24, 2.45) is 0 Å². The van der Waals surface area contributed by atoms with E-state index in [9.17, 15) is 18.0 Å². The monoisotopic (exact) mass is 743 g/mol. The lowest BCUT2D eigenvalue weighted by atomic mass is 10.0. The highest BCUT2D eigenvalue weighted by atomic mass is 79.9. The maximum atomic E-state index is 14.6. The highest BCUT2D eigenvalue weighted by Gasteiger charge is 2.35. The van der Waals surface area contributed by atoms with Gasteiger partial charge < -0.3 is 10.2 Å². The molecule has 2 atom stereocenters. The smallest absolute Gasteiger partial charge is 0.264 e. The van der Waals surface area contributed by atoms with Crippen molar-refractivity contribution in [1.29, 1.82) is 0 Å². The predicted octanol–water partition coefficient (Wildman–Crippen LogP) is 7.81. The Balaban J connectivity index is 1.83. The molecule has 11 heteroatoms. The number of rotatable bonds is 13. The lowest BCUT2D eigenvalue weighted by molar-refractivity contribution is -0.140. The molecule has 0 heterocycles. The molecule has 0 saturated heterocycles. The maximum absolute atomic E-state index is 14.6. The van der Waals surface area contributed by atoms with Crippen LogP contribution < -0.4 is 9.62 Å². The molecule has 0 aromatic heterocycles. The van der Waals surface area contributed by atoms with Crippen LogP contribution in [-0.4, -0.2) is 43.8 Å². The molecule has 7 nitrogen and oxygen atoms in total. The minimum atomic E-state index is -4.31. The van der Waals surface area contributed by atoms with Gasteiger partial charge in [0.2, 0.25) is 11.8 Å². The van der Waals surface area contributed by atoms with Gasteiger partial charge in [0, 0.05) is 28.5 Å². The average Bonchev–Trinajstić information content (AvgIpc) is 3.04. The molecule has 0 aliphatic heterocycles. The third-order valence-electron chi connectivity index (χ3n) is 7.60. The topological polar surface area (TPSA) is 86.8 Å². The van der Waals surface area contributed by atoms with Crippen molar-refractivity contribution >= 4 is 66.7 Å². The minimum Gasteiger partial charge on any atom is -0.352 e. The maximum Gasteiger partial charge on any atom is 0.264 e. The molecule has 0 radical (unpaired) electrons. The lowest BCUT2D eigenvalue weighted by Gasteiger charge is -2.34. The van der Waals surface area contributed by atoms with Crippen molar-refractivity contribution in [2.75, 3.05) is 10.8 Å². The van der Waals surface area contributed by atoms with Crippen LogP contribution in [0, 0.1) is 6.92 Å². The van der Waals surface area contributed by atoms with E-state index in [1.807, 2.05) is 75.4 Å². The molecule has 0 aliphatic rings. The quantitative estimate of drug-likeness (QED) is 0.151. The number of hydrogen-bond donors (Lipinski definition) is 1. The molecule has 4 aromatic rings. The Morgan fingerprint density at radius 1 is 0.891 bits per heavy atom. The summed E-state index contributed by atoms with van der Waals surface area (Å²) in [5.41, 5.74) is 2.54. The van der Waals surface area contributed by atoms with E-state index >= 15 is 0 Å². The number of anilines is 1. The Morgan fingerprint density at radius 3 is 2.17 bits per heavy atom. The molecule has 46 heavy (non-hydrogen) atoms. The molecule has 0 spiro atoms. The van der Waals surface area contributed by atoms with Gasteiger partial charge in [0.05, 0.1) is 15.6 Å². The second kappa shape index (κ2) is 16.0. The van der Waals surface area contributed by atoms with Gasteiger partial charge in [0.1, 0.15) is 12.6 Å². The molecule has 242 valence electrons. The summed E-state index contributed by atoms with van der Waals surface area (Å²) in [6.07, 6.45) is 0.911. The molecule has 2 amide bonds. The summed E-state index contributed by atoms with van der Waals surface area (Å²) in [6.45, 7) is 5.14. The summed E-state index contributed by atoms with van der Waals surface area (Å²) in [5, 5.41) is 3.38. The summed E-state index contributed by atoms with van der Waals surface area (Å²) in [5.74, 6) is -0.924. The fourth-order valence-electron chi connectivity index (χ4n) is 4.81. The molecular formula is C35H36BrCl2N3O4S. The van der Waals surface area contributed by atoms with Crippen molar-refractivity contribution in [3.8, 4) is 0 Å². The number of benzene rings is 4. The second-order valence-corrected chi connectivity index (χ2v) is 14.7. The first-order valence-electron chi connectivity index (χ1n) is 14.8. The Labute approximate surface area is 289 Å². The Bertz CT molecular complexity index is 1760. The summed E-state index contributed by atoms with van der Waals surface area (Å²) < 4.78 is 30.2. The highest BCUT2D eigenvalue weighted by Crippen LogP contribution is 2.33. The third-order valence-corrected chi connectivity index (χ3v) is 10.5. The molecule has 4 aromatic carbocycles. The van der Waals surface area contributed by atoms with Gasteiger partial charge >= 0.3 is 0 Å². The number of nitrogens with one attached hydrogen (secondary N) is 1. The number of nitrogens with zero attached hydrogens (tertiary/aromatic N) is 2. The molecule has 0 fully saturated rings. The molecule has 1 N–H and O–H groups in total. The largest absolute Gasteiger partial charge is 0.352 e. The zero-order chi connectivity index (χ0) is 33.4. The molecule has 0 aliphatic carbocycles. The van der Waals surface area contributed by atoms with E-state index in [0.29, 0.717) is 6.42 Å². The van der Waals surface area contributed by atoms with Crippen LogP contribution in [0.3, 0.4) is 0 Å². The fraction of sp³-hybridized carbons (Fsp3) is 0.257. The van der Waals surface area contributed by atoms with Crippen molar-refractivity contribution < 1.29 is 18.0 Å². The number of carbonyl (C=O) groups excluding carboxylic acids is 2. The van der Waals surface area contributed by atoms with Crippen molar-refractivity contribution in [2.45, 2.75) is 57.1 Å². The first-order chi connectivity index (χ1) is 21.9. The first-order valence-corrected chi connectivity index (χ1v) is 17.8. The number of carbonyl (C=O) groups is 2. The van der Waals surface area contributed by atoms with E-state index in [4.69, 9.17) is 23.2 Å². The number of sulfonamides is 1. The standard InChI is InChI=1S/C35H36BrCl2N3O4S/c1-4-25(3)39-35(43)33(20-26-8-6-5-7-9-26)40(22-27-12-14-28(36)15-13-27)34(42)23-41(32-21-29(37)16-19-31(32)38)46(44,45)30-17-10-24(2)11-18-30/h5-19,21,25,33H,4,20,22-23H2,1-3H3,(H,39,43)/t25-,33-/m1/s1. The Morgan fingerprint density at radius 2 is 1.54 bits per heavy atom. The zero-order valence-electron chi connectivity index (χ0n) is 25.8.